The van der Waals surface area contributed by atoms with Gasteiger partial charge < -0.3 is 4.98 Å². The van der Waals surface area contributed by atoms with Crippen LogP contribution in [0.4, 0.5) is 0 Å². The maximum Gasteiger partial charge on any atom is 0.128 e. The average Bonchev–Trinajstić information content (AvgIpc) is 2.13. The van der Waals surface area contributed by atoms with Crippen molar-refractivity contribution in [3.63, 3.8) is 0 Å². The molecule has 10 heavy (non-hydrogen) atoms. The van der Waals surface area contributed by atoms with Crippen LogP contribution in [0, 0.1) is 18.3 Å². The molecule has 1 aromatic rings. The molecule has 0 saturated heterocycles. The number of aromatic nitrogens is 2. The number of nitrogens with zero attached hydrogens (tertiary/aromatic N) is 2. The number of hydrogen-bond donors (Lipinski definition) is 1. The normalized spacial score (nSPS) is 9.30. The molecule has 0 fully saturated rings. The quantitative estimate of drug-likeness (QED) is 0.747. The number of nitriles is 1. The third-order valence-electron chi connectivity index (χ3n) is 1.10. The van der Waals surface area contributed by atoms with Crippen molar-refractivity contribution in [2.24, 2.45) is 0 Å². The topological polar surface area (TPSA) is 52.5 Å². The smallest absolute Gasteiger partial charge is 0.128 e. The third kappa shape index (κ3) is 1.36. The van der Waals surface area contributed by atoms with E-state index in [0.29, 0.717) is 6.42 Å². The summed E-state index contributed by atoms with van der Waals surface area (Å²) >= 11 is 3.22. The Balaban J connectivity index is 2.94. The number of aromatic amines is 1. The second-order valence-electron chi connectivity index (χ2n) is 1.93. The highest BCUT2D eigenvalue weighted by atomic mass is 79.9. The lowest BCUT2D eigenvalue weighted by molar-refractivity contribution is 1.10. The number of halogens is 1. The summed E-state index contributed by atoms with van der Waals surface area (Å²) in [6.45, 7) is 1.85. The monoisotopic (exact) mass is 199 g/mol. The van der Waals surface area contributed by atoms with Crippen molar-refractivity contribution >= 4 is 15.9 Å². The lowest BCUT2D eigenvalue weighted by Crippen LogP contribution is -1.81. The lowest BCUT2D eigenvalue weighted by atomic mass is 10.4. The van der Waals surface area contributed by atoms with Gasteiger partial charge in [-0.3, -0.25) is 0 Å². The van der Waals surface area contributed by atoms with E-state index in [1.807, 2.05) is 13.0 Å². The zero-order valence-corrected chi connectivity index (χ0v) is 7.07. The van der Waals surface area contributed by atoms with E-state index in [0.717, 1.165) is 16.1 Å². The molecule has 0 amide bonds. The Hall–Kier alpha value is -0.820. The van der Waals surface area contributed by atoms with E-state index in [9.17, 15) is 0 Å². The van der Waals surface area contributed by atoms with Crippen molar-refractivity contribution < 1.29 is 0 Å². The van der Waals surface area contributed by atoms with Gasteiger partial charge in [0.05, 0.1) is 18.2 Å². The highest BCUT2D eigenvalue weighted by molar-refractivity contribution is 9.10. The van der Waals surface area contributed by atoms with Crippen LogP contribution in [0.1, 0.15) is 11.5 Å². The Morgan fingerprint density at radius 3 is 2.90 bits per heavy atom. The first kappa shape index (κ1) is 7.29. The summed E-state index contributed by atoms with van der Waals surface area (Å²) < 4.78 is 0.742. The number of aryl methyl sites for hydroxylation is 1. The second-order valence-corrected chi connectivity index (χ2v) is 2.68. The van der Waals surface area contributed by atoms with Gasteiger partial charge in [-0.05, 0) is 22.9 Å². The maximum absolute atomic E-state index is 8.33. The fraction of sp³-hybridized carbons (Fsp3) is 0.333. The molecule has 1 N–H and O–H groups in total. The first-order valence-electron chi connectivity index (χ1n) is 2.82. The Labute approximate surface area is 67.2 Å². The van der Waals surface area contributed by atoms with Crippen LogP contribution in [0.2, 0.25) is 0 Å². The van der Waals surface area contributed by atoms with Crippen LogP contribution in [0.15, 0.2) is 4.60 Å². The van der Waals surface area contributed by atoms with Gasteiger partial charge in [-0.2, -0.15) is 5.26 Å². The van der Waals surface area contributed by atoms with Gasteiger partial charge in [0.25, 0.3) is 0 Å². The number of rotatable bonds is 1. The highest BCUT2D eigenvalue weighted by Gasteiger charge is 2.02. The second kappa shape index (κ2) is 2.84. The van der Waals surface area contributed by atoms with E-state index >= 15 is 0 Å². The minimum Gasteiger partial charge on any atom is -0.344 e. The highest BCUT2D eigenvalue weighted by Crippen LogP contribution is 2.12. The zero-order valence-electron chi connectivity index (χ0n) is 5.48. The molecule has 0 aliphatic rings. The summed E-state index contributed by atoms with van der Waals surface area (Å²) in [4.78, 5) is 7.00. The van der Waals surface area contributed by atoms with Crippen LogP contribution in [0.3, 0.4) is 0 Å². The summed E-state index contributed by atoms with van der Waals surface area (Å²) in [6, 6.07) is 2.04. The SMILES string of the molecule is Cc1nc(Br)c(CC#N)[nH]1. The Morgan fingerprint density at radius 2 is 2.50 bits per heavy atom. The predicted octanol–water partition coefficient (Wildman–Crippen LogP) is 1.55. The molecule has 52 valence electrons. The summed E-state index contributed by atoms with van der Waals surface area (Å²) in [5.74, 6) is 0.831. The van der Waals surface area contributed by atoms with Gasteiger partial charge in [0, 0.05) is 0 Å². The van der Waals surface area contributed by atoms with Crippen LogP contribution in [0.25, 0.3) is 0 Å². The van der Waals surface area contributed by atoms with Crippen molar-refractivity contribution in [1.82, 2.24) is 9.97 Å². The van der Waals surface area contributed by atoms with E-state index in [1.54, 1.807) is 0 Å². The fourth-order valence-corrected chi connectivity index (χ4v) is 1.21. The van der Waals surface area contributed by atoms with Crippen molar-refractivity contribution in [2.75, 3.05) is 0 Å². The van der Waals surface area contributed by atoms with Crippen LogP contribution in [-0.4, -0.2) is 9.97 Å². The number of H-pyrrole nitrogens is 1. The minimum atomic E-state index is 0.376. The number of hydrogen-bond acceptors (Lipinski definition) is 2. The number of imidazole rings is 1. The predicted molar refractivity (Wildman–Crippen MR) is 40.3 cm³/mol. The maximum atomic E-state index is 8.33. The molecule has 0 aliphatic heterocycles. The van der Waals surface area contributed by atoms with Gasteiger partial charge in [0.2, 0.25) is 0 Å². The molecule has 1 heterocycles. The van der Waals surface area contributed by atoms with Crippen LogP contribution in [0.5, 0.6) is 0 Å². The molecule has 1 aromatic heterocycles. The van der Waals surface area contributed by atoms with E-state index in [2.05, 4.69) is 25.9 Å². The molecule has 0 aromatic carbocycles. The van der Waals surface area contributed by atoms with E-state index in [1.165, 1.54) is 0 Å². The molecule has 0 aliphatic carbocycles. The largest absolute Gasteiger partial charge is 0.344 e. The standard InChI is InChI=1S/C6H6BrN3/c1-4-9-5(2-3-8)6(7)10-4/h2H2,1H3,(H,9,10). The summed E-state index contributed by atoms with van der Waals surface area (Å²) in [5, 5.41) is 8.33. The molecule has 1 rings (SSSR count). The lowest BCUT2D eigenvalue weighted by Gasteiger charge is -1.84. The molecule has 0 atom stereocenters. The zero-order chi connectivity index (χ0) is 7.56. The Bertz CT molecular complexity index is 271. The molecule has 4 heteroatoms. The molecular weight excluding hydrogens is 194 g/mol. The van der Waals surface area contributed by atoms with Gasteiger partial charge >= 0.3 is 0 Å². The van der Waals surface area contributed by atoms with Crippen molar-refractivity contribution in [1.29, 1.82) is 5.26 Å². The molecule has 3 nitrogen and oxygen atoms in total. The first-order valence-corrected chi connectivity index (χ1v) is 3.61. The van der Waals surface area contributed by atoms with Crippen LogP contribution < -0.4 is 0 Å². The van der Waals surface area contributed by atoms with Gasteiger partial charge in [0.15, 0.2) is 0 Å². The fourth-order valence-electron chi connectivity index (χ4n) is 0.709. The summed E-state index contributed by atoms with van der Waals surface area (Å²) in [7, 11) is 0. The van der Waals surface area contributed by atoms with Gasteiger partial charge in [-0.25, -0.2) is 4.98 Å². The molecule has 0 unspecified atom stereocenters. The molecule has 0 spiro atoms. The van der Waals surface area contributed by atoms with Crippen molar-refractivity contribution in [2.45, 2.75) is 13.3 Å². The van der Waals surface area contributed by atoms with Gasteiger partial charge in [0.1, 0.15) is 10.4 Å². The number of nitrogens with one attached hydrogen (secondary N) is 1. The van der Waals surface area contributed by atoms with E-state index in [-0.39, 0.29) is 0 Å². The molecular formula is C6H6BrN3. The van der Waals surface area contributed by atoms with Crippen molar-refractivity contribution in [3.8, 4) is 6.07 Å². The van der Waals surface area contributed by atoms with Gasteiger partial charge in [-0.15, -0.1) is 0 Å². The van der Waals surface area contributed by atoms with E-state index in [4.69, 9.17) is 5.26 Å². The van der Waals surface area contributed by atoms with E-state index < -0.39 is 0 Å². The Morgan fingerprint density at radius 1 is 1.80 bits per heavy atom. The first-order chi connectivity index (χ1) is 4.74. The van der Waals surface area contributed by atoms with Crippen LogP contribution in [-0.2, 0) is 6.42 Å². The Kier molecular flexibility index (Phi) is 2.07. The van der Waals surface area contributed by atoms with Crippen LogP contribution >= 0.6 is 15.9 Å². The summed E-state index contributed by atoms with van der Waals surface area (Å²) in [6.07, 6.45) is 0.376. The third-order valence-corrected chi connectivity index (χ3v) is 1.76. The summed E-state index contributed by atoms with van der Waals surface area (Å²) in [5.41, 5.74) is 0.847. The molecule has 0 saturated carbocycles. The molecule has 0 bridgehead atoms. The molecule has 0 radical (unpaired) electrons. The van der Waals surface area contributed by atoms with Gasteiger partial charge in [-0.1, -0.05) is 0 Å². The van der Waals surface area contributed by atoms with Crippen molar-refractivity contribution in [3.05, 3.63) is 16.1 Å². The minimum absolute atomic E-state index is 0.376. The average molecular weight is 200 g/mol.